The third-order valence-electron chi connectivity index (χ3n) is 4.23. The smallest absolute Gasteiger partial charge is 0.126 e. The average Bonchev–Trinajstić information content (AvgIpc) is 2.76. The molecule has 4 nitrogen and oxygen atoms in total. The van der Waals surface area contributed by atoms with Crippen molar-refractivity contribution in [3.8, 4) is 0 Å². The van der Waals surface area contributed by atoms with E-state index in [1.807, 2.05) is 6.07 Å². The normalized spacial score (nSPS) is 22.8. The highest BCUT2D eigenvalue weighted by Gasteiger charge is 2.25. The highest BCUT2D eigenvalue weighted by atomic mass is 15.2. The molecule has 2 atom stereocenters. The third-order valence-corrected chi connectivity index (χ3v) is 4.23. The molecule has 0 bridgehead atoms. The Morgan fingerprint density at radius 2 is 2.16 bits per heavy atom. The maximum absolute atomic E-state index is 6.09. The summed E-state index contributed by atoms with van der Waals surface area (Å²) in [5, 5.41) is 0. The van der Waals surface area contributed by atoms with Gasteiger partial charge >= 0.3 is 0 Å². The summed E-state index contributed by atoms with van der Waals surface area (Å²) in [5.74, 6) is 1.13. The van der Waals surface area contributed by atoms with Crippen LogP contribution in [0.25, 0.3) is 11.0 Å². The van der Waals surface area contributed by atoms with Crippen LogP contribution in [0.5, 0.6) is 0 Å². The van der Waals surface area contributed by atoms with Crippen molar-refractivity contribution >= 4 is 11.0 Å². The van der Waals surface area contributed by atoms with Crippen molar-refractivity contribution in [2.24, 2.45) is 12.8 Å². The Morgan fingerprint density at radius 3 is 2.89 bits per heavy atom. The van der Waals surface area contributed by atoms with Crippen LogP contribution in [0.4, 0.5) is 0 Å². The molecule has 1 fully saturated rings. The van der Waals surface area contributed by atoms with E-state index >= 15 is 0 Å². The zero-order chi connectivity index (χ0) is 13.4. The Labute approximate surface area is 114 Å². The van der Waals surface area contributed by atoms with Gasteiger partial charge in [-0.3, -0.25) is 4.90 Å². The number of hydrogen-bond donors (Lipinski definition) is 1. The van der Waals surface area contributed by atoms with E-state index in [0.29, 0.717) is 12.1 Å². The van der Waals surface area contributed by atoms with Gasteiger partial charge in [0.2, 0.25) is 0 Å². The Morgan fingerprint density at radius 1 is 1.37 bits per heavy atom. The second-order valence-electron chi connectivity index (χ2n) is 5.59. The zero-order valence-corrected chi connectivity index (χ0v) is 11.7. The van der Waals surface area contributed by atoms with Gasteiger partial charge in [-0.2, -0.15) is 0 Å². The Hall–Kier alpha value is -1.39. The summed E-state index contributed by atoms with van der Waals surface area (Å²) in [6.45, 7) is 4.34. The van der Waals surface area contributed by atoms with Crippen molar-refractivity contribution in [1.82, 2.24) is 14.5 Å². The van der Waals surface area contributed by atoms with E-state index in [2.05, 4.69) is 41.6 Å². The zero-order valence-electron chi connectivity index (χ0n) is 11.7. The highest BCUT2D eigenvalue weighted by molar-refractivity contribution is 5.75. The molecule has 0 spiro atoms. The van der Waals surface area contributed by atoms with Gasteiger partial charge in [-0.1, -0.05) is 12.1 Å². The molecule has 0 saturated carbocycles. The van der Waals surface area contributed by atoms with E-state index in [1.54, 1.807) is 0 Å². The minimum absolute atomic E-state index is 0.311. The number of imidazole rings is 1. The van der Waals surface area contributed by atoms with Crippen LogP contribution in [-0.4, -0.2) is 33.6 Å². The number of aryl methyl sites for hydroxylation is 1. The van der Waals surface area contributed by atoms with Crippen molar-refractivity contribution < 1.29 is 0 Å². The summed E-state index contributed by atoms with van der Waals surface area (Å²) < 4.78 is 2.21. The van der Waals surface area contributed by atoms with E-state index in [4.69, 9.17) is 10.7 Å². The fourth-order valence-electron chi connectivity index (χ4n) is 3.09. The standard InChI is InChI=1S/C15H22N4/c1-11(19-9-5-6-12(16)10-19)15-17-13-7-3-4-8-14(13)18(15)2/h3-4,7-8,11-12H,5-6,9-10,16H2,1-2H3. The van der Waals surface area contributed by atoms with Crippen LogP contribution in [-0.2, 0) is 7.05 Å². The van der Waals surface area contributed by atoms with Crippen LogP contribution >= 0.6 is 0 Å². The molecular formula is C15H22N4. The molecule has 0 amide bonds. The molecule has 0 radical (unpaired) electrons. The number of rotatable bonds is 2. The molecule has 2 aromatic rings. The quantitative estimate of drug-likeness (QED) is 0.897. The first-order valence-corrected chi connectivity index (χ1v) is 7.08. The summed E-state index contributed by atoms with van der Waals surface area (Å²) >= 11 is 0. The van der Waals surface area contributed by atoms with Crippen molar-refractivity contribution in [3.05, 3.63) is 30.1 Å². The molecular weight excluding hydrogens is 236 g/mol. The van der Waals surface area contributed by atoms with Crippen LogP contribution < -0.4 is 5.73 Å². The SMILES string of the molecule is CC(c1nc2ccccc2n1C)N1CCCC(N)C1. The summed E-state index contributed by atoms with van der Waals surface area (Å²) in [4.78, 5) is 7.25. The van der Waals surface area contributed by atoms with Crippen LogP contribution in [0.15, 0.2) is 24.3 Å². The van der Waals surface area contributed by atoms with E-state index in [0.717, 1.165) is 30.9 Å². The van der Waals surface area contributed by atoms with Gasteiger partial charge in [0.25, 0.3) is 0 Å². The number of para-hydroxylation sites is 2. The van der Waals surface area contributed by atoms with Crippen LogP contribution in [0.3, 0.4) is 0 Å². The van der Waals surface area contributed by atoms with Gasteiger partial charge in [0, 0.05) is 19.6 Å². The predicted octanol–water partition coefficient (Wildman–Crippen LogP) is 2.06. The maximum atomic E-state index is 6.09. The average molecular weight is 258 g/mol. The minimum atomic E-state index is 0.311. The molecule has 1 aliphatic heterocycles. The Kier molecular flexibility index (Phi) is 3.29. The van der Waals surface area contributed by atoms with Gasteiger partial charge in [-0.05, 0) is 38.4 Å². The molecule has 102 valence electrons. The molecule has 1 aromatic heterocycles. The number of hydrogen-bond acceptors (Lipinski definition) is 3. The van der Waals surface area contributed by atoms with Crippen molar-refractivity contribution in [1.29, 1.82) is 0 Å². The fraction of sp³-hybridized carbons (Fsp3) is 0.533. The first kappa shape index (κ1) is 12.6. The van der Waals surface area contributed by atoms with E-state index < -0.39 is 0 Å². The molecule has 2 unspecified atom stereocenters. The first-order chi connectivity index (χ1) is 9.16. The number of aromatic nitrogens is 2. The molecule has 19 heavy (non-hydrogen) atoms. The molecule has 3 rings (SSSR count). The molecule has 1 aliphatic rings. The maximum Gasteiger partial charge on any atom is 0.126 e. The number of piperidine rings is 1. The topological polar surface area (TPSA) is 47.1 Å². The van der Waals surface area contributed by atoms with E-state index in [1.165, 1.54) is 11.9 Å². The molecule has 2 heterocycles. The van der Waals surface area contributed by atoms with Crippen molar-refractivity contribution in [3.63, 3.8) is 0 Å². The van der Waals surface area contributed by atoms with E-state index in [9.17, 15) is 0 Å². The van der Waals surface area contributed by atoms with Gasteiger partial charge in [0.1, 0.15) is 5.82 Å². The van der Waals surface area contributed by atoms with Gasteiger partial charge in [0.05, 0.1) is 17.1 Å². The van der Waals surface area contributed by atoms with E-state index in [-0.39, 0.29) is 0 Å². The number of likely N-dealkylation sites (tertiary alicyclic amines) is 1. The largest absolute Gasteiger partial charge is 0.330 e. The molecule has 1 saturated heterocycles. The molecule has 4 heteroatoms. The van der Waals surface area contributed by atoms with Crippen LogP contribution in [0.2, 0.25) is 0 Å². The fourth-order valence-corrected chi connectivity index (χ4v) is 3.09. The second-order valence-corrected chi connectivity index (χ2v) is 5.59. The van der Waals surface area contributed by atoms with Crippen molar-refractivity contribution in [2.75, 3.05) is 13.1 Å². The minimum Gasteiger partial charge on any atom is -0.330 e. The Bertz CT molecular complexity index is 575. The predicted molar refractivity (Wildman–Crippen MR) is 77.9 cm³/mol. The third kappa shape index (κ3) is 2.26. The lowest BCUT2D eigenvalue weighted by Crippen LogP contribution is -2.44. The Balaban J connectivity index is 1.92. The van der Waals surface area contributed by atoms with Gasteiger partial charge in [-0.25, -0.2) is 4.98 Å². The monoisotopic (exact) mass is 258 g/mol. The lowest BCUT2D eigenvalue weighted by molar-refractivity contribution is 0.152. The van der Waals surface area contributed by atoms with Crippen molar-refractivity contribution in [2.45, 2.75) is 31.8 Å². The second kappa shape index (κ2) is 4.94. The molecule has 0 aliphatic carbocycles. The van der Waals surface area contributed by atoms with Gasteiger partial charge in [-0.15, -0.1) is 0 Å². The lowest BCUT2D eigenvalue weighted by Gasteiger charge is -2.34. The summed E-state index contributed by atoms with van der Waals surface area (Å²) in [6.07, 6.45) is 2.33. The molecule has 2 N–H and O–H groups in total. The number of benzene rings is 1. The number of nitrogens with zero attached hydrogens (tertiary/aromatic N) is 3. The number of fused-ring (bicyclic) bond motifs is 1. The summed E-state index contributed by atoms with van der Waals surface area (Å²) in [7, 11) is 2.10. The summed E-state index contributed by atoms with van der Waals surface area (Å²) in [5.41, 5.74) is 8.36. The van der Waals surface area contributed by atoms with Crippen LogP contribution in [0, 0.1) is 0 Å². The lowest BCUT2D eigenvalue weighted by atomic mass is 10.0. The first-order valence-electron chi connectivity index (χ1n) is 7.08. The highest BCUT2D eigenvalue weighted by Crippen LogP contribution is 2.25. The molecule has 1 aromatic carbocycles. The van der Waals surface area contributed by atoms with Gasteiger partial charge < -0.3 is 10.3 Å². The van der Waals surface area contributed by atoms with Crippen LogP contribution in [0.1, 0.15) is 31.6 Å². The number of nitrogens with two attached hydrogens (primary N) is 1. The van der Waals surface area contributed by atoms with Gasteiger partial charge in [0.15, 0.2) is 0 Å². The summed E-state index contributed by atoms with van der Waals surface area (Å²) in [6, 6.07) is 8.94.